The van der Waals surface area contributed by atoms with Gasteiger partial charge in [-0.1, -0.05) is 12.1 Å². The van der Waals surface area contributed by atoms with Crippen molar-refractivity contribution in [2.75, 3.05) is 20.8 Å². The van der Waals surface area contributed by atoms with E-state index in [1.165, 1.54) is 35.6 Å². The summed E-state index contributed by atoms with van der Waals surface area (Å²) in [5, 5.41) is 15.4. The second kappa shape index (κ2) is 9.49. The van der Waals surface area contributed by atoms with Crippen LogP contribution in [0.1, 0.15) is 17.4 Å². The van der Waals surface area contributed by atoms with Gasteiger partial charge >= 0.3 is 0 Å². The minimum absolute atomic E-state index is 0.0388. The quantitative estimate of drug-likeness (QED) is 0.589. The van der Waals surface area contributed by atoms with Crippen molar-refractivity contribution in [3.05, 3.63) is 64.9 Å². The number of aliphatic hydroxyl groups is 1. The van der Waals surface area contributed by atoms with Crippen LogP contribution < -0.4 is 14.8 Å². The number of hydrogen-bond acceptors (Lipinski definition) is 6. The number of thiazole rings is 1. The fraction of sp³-hybridized carbons (Fsp3) is 0.238. The molecule has 1 unspecified atom stereocenters. The molecule has 0 saturated heterocycles. The van der Waals surface area contributed by atoms with E-state index < -0.39 is 6.10 Å². The van der Waals surface area contributed by atoms with Crippen molar-refractivity contribution in [3.8, 4) is 22.1 Å². The van der Waals surface area contributed by atoms with Crippen molar-refractivity contribution in [2.45, 2.75) is 12.5 Å². The van der Waals surface area contributed by atoms with Crippen molar-refractivity contribution < 1.29 is 23.8 Å². The van der Waals surface area contributed by atoms with E-state index in [9.17, 15) is 14.3 Å². The van der Waals surface area contributed by atoms with Crippen molar-refractivity contribution in [1.82, 2.24) is 10.3 Å². The van der Waals surface area contributed by atoms with Crippen LogP contribution in [0, 0.1) is 5.82 Å². The highest BCUT2D eigenvalue weighted by molar-refractivity contribution is 7.13. The lowest BCUT2D eigenvalue weighted by atomic mass is 10.1. The standard InChI is InChI=1S/C21H21FN2O4S/c1-27-18-8-5-14(9-19(18)28-2)21-24-16(12-29-21)10-20(26)23-11-17(25)13-3-6-15(22)7-4-13/h3-9,12,17,25H,10-11H2,1-2H3,(H,23,26). The molecule has 3 aromatic rings. The molecule has 1 amide bonds. The largest absolute Gasteiger partial charge is 0.493 e. The lowest BCUT2D eigenvalue weighted by Gasteiger charge is -2.12. The first-order valence-electron chi connectivity index (χ1n) is 8.87. The molecule has 1 heterocycles. The number of aromatic nitrogens is 1. The zero-order valence-electron chi connectivity index (χ0n) is 16.0. The minimum Gasteiger partial charge on any atom is -0.493 e. The van der Waals surface area contributed by atoms with Gasteiger partial charge in [-0.25, -0.2) is 9.37 Å². The first kappa shape index (κ1) is 20.8. The lowest BCUT2D eigenvalue weighted by molar-refractivity contribution is -0.120. The number of ether oxygens (including phenoxy) is 2. The number of halogens is 1. The first-order chi connectivity index (χ1) is 14.0. The minimum atomic E-state index is -0.905. The molecule has 29 heavy (non-hydrogen) atoms. The van der Waals surface area contributed by atoms with E-state index in [2.05, 4.69) is 10.3 Å². The summed E-state index contributed by atoms with van der Waals surface area (Å²) in [6, 6.07) is 11.0. The monoisotopic (exact) mass is 416 g/mol. The molecular weight excluding hydrogens is 395 g/mol. The van der Waals surface area contributed by atoms with Crippen LogP contribution in [-0.2, 0) is 11.2 Å². The molecule has 0 aliphatic heterocycles. The number of aliphatic hydroxyl groups excluding tert-OH is 1. The van der Waals surface area contributed by atoms with Crippen molar-refractivity contribution in [1.29, 1.82) is 0 Å². The summed E-state index contributed by atoms with van der Waals surface area (Å²) in [6.45, 7) is 0.0388. The van der Waals surface area contributed by atoms with E-state index in [1.807, 2.05) is 17.5 Å². The number of nitrogens with zero attached hydrogens (tertiary/aromatic N) is 1. The van der Waals surface area contributed by atoms with Crippen LogP contribution in [0.3, 0.4) is 0 Å². The predicted octanol–water partition coefficient (Wildman–Crippen LogP) is 3.36. The molecule has 3 rings (SSSR count). The van der Waals surface area contributed by atoms with Crippen LogP contribution in [-0.4, -0.2) is 36.8 Å². The maximum atomic E-state index is 12.9. The summed E-state index contributed by atoms with van der Waals surface area (Å²) in [5.41, 5.74) is 2.04. The molecule has 0 fully saturated rings. The third kappa shape index (κ3) is 5.30. The maximum Gasteiger partial charge on any atom is 0.226 e. The van der Waals surface area contributed by atoms with Gasteiger partial charge in [0.05, 0.1) is 32.4 Å². The topological polar surface area (TPSA) is 80.7 Å². The molecule has 1 atom stereocenters. The van der Waals surface area contributed by atoms with E-state index in [0.29, 0.717) is 22.8 Å². The number of methoxy groups -OCH3 is 2. The number of rotatable bonds is 8. The number of carbonyl (C=O) groups excluding carboxylic acids is 1. The van der Waals surface area contributed by atoms with Gasteiger partial charge in [0.15, 0.2) is 11.5 Å². The van der Waals surface area contributed by atoms with Crippen LogP contribution in [0.5, 0.6) is 11.5 Å². The lowest BCUT2D eigenvalue weighted by Crippen LogP contribution is -2.29. The predicted molar refractivity (Wildman–Crippen MR) is 109 cm³/mol. The Morgan fingerprint density at radius 3 is 2.59 bits per heavy atom. The second-order valence-electron chi connectivity index (χ2n) is 6.26. The molecule has 2 aromatic carbocycles. The maximum absolute atomic E-state index is 12.9. The van der Waals surface area contributed by atoms with Crippen molar-refractivity contribution in [3.63, 3.8) is 0 Å². The SMILES string of the molecule is COc1ccc(-c2nc(CC(=O)NCC(O)c3ccc(F)cc3)cs2)cc1OC. The number of nitrogens with one attached hydrogen (secondary N) is 1. The van der Waals surface area contributed by atoms with E-state index in [0.717, 1.165) is 10.6 Å². The molecule has 0 saturated carbocycles. The molecule has 1 aromatic heterocycles. The third-order valence-electron chi connectivity index (χ3n) is 4.27. The molecule has 152 valence electrons. The molecule has 2 N–H and O–H groups in total. The van der Waals surface area contributed by atoms with E-state index in [-0.39, 0.29) is 24.7 Å². The zero-order chi connectivity index (χ0) is 20.8. The molecule has 0 bridgehead atoms. The summed E-state index contributed by atoms with van der Waals surface area (Å²) in [4.78, 5) is 16.7. The van der Waals surface area contributed by atoms with Gasteiger partial charge in [0.1, 0.15) is 10.8 Å². The van der Waals surface area contributed by atoms with Crippen molar-refractivity contribution in [2.24, 2.45) is 0 Å². The summed E-state index contributed by atoms with van der Waals surface area (Å²) in [6.07, 6.45) is -0.808. The first-order valence-corrected chi connectivity index (χ1v) is 9.75. The highest BCUT2D eigenvalue weighted by atomic mass is 32.1. The van der Waals surface area contributed by atoms with Gasteiger partial charge in [0.25, 0.3) is 0 Å². The Bertz CT molecular complexity index is 975. The van der Waals surface area contributed by atoms with Crippen LogP contribution in [0.4, 0.5) is 4.39 Å². The van der Waals surface area contributed by atoms with Gasteiger partial charge in [-0.2, -0.15) is 0 Å². The van der Waals surface area contributed by atoms with Gasteiger partial charge < -0.3 is 19.9 Å². The smallest absolute Gasteiger partial charge is 0.226 e. The Balaban J connectivity index is 1.58. The summed E-state index contributed by atoms with van der Waals surface area (Å²) in [7, 11) is 3.14. The summed E-state index contributed by atoms with van der Waals surface area (Å²) < 4.78 is 23.5. The average Bonchev–Trinajstić information content (AvgIpc) is 3.20. The second-order valence-corrected chi connectivity index (χ2v) is 7.12. The van der Waals surface area contributed by atoms with Crippen molar-refractivity contribution >= 4 is 17.2 Å². The molecule has 0 aliphatic rings. The Kier molecular flexibility index (Phi) is 6.79. The Morgan fingerprint density at radius 1 is 1.17 bits per heavy atom. The molecular formula is C21H21FN2O4S. The zero-order valence-corrected chi connectivity index (χ0v) is 16.8. The van der Waals surface area contributed by atoms with Gasteiger partial charge in [-0.15, -0.1) is 11.3 Å². The Hall–Kier alpha value is -2.97. The van der Waals surface area contributed by atoms with Crippen LogP contribution in [0.15, 0.2) is 47.8 Å². The van der Waals surface area contributed by atoms with Gasteiger partial charge in [0.2, 0.25) is 5.91 Å². The Morgan fingerprint density at radius 2 is 1.90 bits per heavy atom. The number of hydrogen-bond donors (Lipinski definition) is 2. The van der Waals surface area contributed by atoms with E-state index in [4.69, 9.17) is 9.47 Å². The number of carbonyl (C=O) groups is 1. The van der Waals surface area contributed by atoms with Crippen LogP contribution >= 0.6 is 11.3 Å². The average molecular weight is 416 g/mol. The highest BCUT2D eigenvalue weighted by Crippen LogP contribution is 2.33. The van der Waals surface area contributed by atoms with E-state index in [1.54, 1.807) is 20.3 Å². The summed E-state index contributed by atoms with van der Waals surface area (Å²) in [5.74, 6) is 0.607. The third-order valence-corrected chi connectivity index (χ3v) is 5.21. The van der Waals surface area contributed by atoms with Gasteiger partial charge in [0, 0.05) is 17.5 Å². The highest BCUT2D eigenvalue weighted by Gasteiger charge is 2.13. The number of amides is 1. The van der Waals surface area contributed by atoms with Gasteiger partial charge in [-0.3, -0.25) is 4.79 Å². The van der Waals surface area contributed by atoms with E-state index >= 15 is 0 Å². The number of benzene rings is 2. The normalized spacial score (nSPS) is 11.7. The molecule has 6 nitrogen and oxygen atoms in total. The van der Waals surface area contributed by atoms with Gasteiger partial charge in [-0.05, 0) is 35.9 Å². The van der Waals surface area contributed by atoms with Crippen LogP contribution in [0.2, 0.25) is 0 Å². The fourth-order valence-electron chi connectivity index (χ4n) is 2.73. The molecule has 8 heteroatoms. The fourth-order valence-corrected chi connectivity index (χ4v) is 3.55. The summed E-state index contributed by atoms with van der Waals surface area (Å²) >= 11 is 1.43. The van der Waals surface area contributed by atoms with Crippen LogP contribution in [0.25, 0.3) is 10.6 Å². The molecule has 0 spiro atoms. The molecule has 0 radical (unpaired) electrons. The molecule has 0 aliphatic carbocycles. The Labute approximate surface area is 171 Å².